The van der Waals surface area contributed by atoms with Crippen LogP contribution in [0, 0.1) is 0 Å². The fraction of sp³-hybridized carbons (Fsp3) is 0.684. The van der Waals surface area contributed by atoms with Crippen LogP contribution >= 0.6 is 0 Å². The van der Waals surface area contributed by atoms with Crippen LogP contribution in [0.15, 0.2) is 12.1 Å². The molecule has 0 N–H and O–H groups in total. The Morgan fingerprint density at radius 2 is 1.93 bits per heavy atom. The van der Waals surface area contributed by atoms with Crippen molar-refractivity contribution in [2.75, 3.05) is 38.6 Å². The highest BCUT2D eigenvalue weighted by Crippen LogP contribution is 2.27. The highest BCUT2D eigenvalue weighted by molar-refractivity contribution is 5.82. The lowest BCUT2D eigenvalue weighted by Gasteiger charge is -2.48. The smallest absolute Gasteiger partial charge is 0.239 e. The van der Waals surface area contributed by atoms with Crippen molar-refractivity contribution in [2.45, 2.75) is 51.1 Å². The number of rotatable bonds is 3. The summed E-state index contributed by atoms with van der Waals surface area (Å²) >= 11 is 0. The van der Waals surface area contributed by atoms with E-state index in [2.05, 4.69) is 47.8 Å². The number of fused-ring (bicyclic) bond motifs is 1. The number of nitrogens with zero attached hydrogens (tertiary/aromatic N) is 7. The second kappa shape index (κ2) is 6.44. The van der Waals surface area contributed by atoms with E-state index in [1.807, 2.05) is 28.6 Å². The molecular weight excluding hydrogens is 342 g/mol. The molecule has 8 nitrogen and oxygen atoms in total. The van der Waals surface area contributed by atoms with Crippen LogP contribution in [0.3, 0.4) is 0 Å². The van der Waals surface area contributed by atoms with E-state index in [-0.39, 0.29) is 17.4 Å². The SMILES string of the molecule is CN1CCCC(N(C)C2CN(c3ccc4nnc(C(C)(C)C)n4n3)C2)C1=O. The zero-order valence-corrected chi connectivity index (χ0v) is 16.9. The number of carbonyl (C=O) groups is 1. The largest absolute Gasteiger partial charge is 0.352 e. The summed E-state index contributed by atoms with van der Waals surface area (Å²) in [5, 5.41) is 13.3. The third-order valence-electron chi connectivity index (χ3n) is 5.81. The van der Waals surface area contributed by atoms with Gasteiger partial charge >= 0.3 is 0 Å². The van der Waals surface area contributed by atoms with Crippen LogP contribution in [0.1, 0.15) is 39.4 Å². The van der Waals surface area contributed by atoms with Gasteiger partial charge in [-0.15, -0.1) is 15.3 Å². The molecule has 0 spiro atoms. The molecule has 2 aromatic rings. The van der Waals surface area contributed by atoms with Gasteiger partial charge in [0.15, 0.2) is 11.5 Å². The number of piperidine rings is 1. The Labute approximate surface area is 160 Å². The van der Waals surface area contributed by atoms with Gasteiger partial charge in [-0.25, -0.2) is 0 Å². The van der Waals surface area contributed by atoms with E-state index in [0.29, 0.717) is 6.04 Å². The second-order valence-corrected chi connectivity index (χ2v) is 8.88. The number of likely N-dealkylation sites (N-methyl/N-ethyl adjacent to an activating group) is 2. The zero-order chi connectivity index (χ0) is 19.3. The molecular formula is C19H29N7O. The number of hydrogen-bond acceptors (Lipinski definition) is 6. The van der Waals surface area contributed by atoms with Crippen molar-refractivity contribution in [1.29, 1.82) is 0 Å². The van der Waals surface area contributed by atoms with Gasteiger partial charge in [0.05, 0.1) is 6.04 Å². The molecule has 2 aliphatic heterocycles. The van der Waals surface area contributed by atoms with Crippen molar-refractivity contribution in [2.24, 2.45) is 0 Å². The molecule has 0 aliphatic carbocycles. The first kappa shape index (κ1) is 18.2. The average molecular weight is 371 g/mol. The molecule has 27 heavy (non-hydrogen) atoms. The third kappa shape index (κ3) is 3.16. The van der Waals surface area contributed by atoms with Gasteiger partial charge in [0, 0.05) is 38.1 Å². The zero-order valence-electron chi connectivity index (χ0n) is 16.9. The second-order valence-electron chi connectivity index (χ2n) is 8.88. The highest BCUT2D eigenvalue weighted by atomic mass is 16.2. The third-order valence-corrected chi connectivity index (χ3v) is 5.81. The Bertz CT molecular complexity index is 849. The summed E-state index contributed by atoms with van der Waals surface area (Å²) in [7, 11) is 3.98. The summed E-state index contributed by atoms with van der Waals surface area (Å²) in [6.07, 6.45) is 2.03. The number of anilines is 1. The minimum absolute atomic E-state index is 0.0108. The first-order valence-electron chi connectivity index (χ1n) is 9.70. The van der Waals surface area contributed by atoms with Crippen molar-refractivity contribution < 1.29 is 4.79 Å². The summed E-state index contributed by atoms with van der Waals surface area (Å²) in [5.74, 6) is 2.05. The Morgan fingerprint density at radius 1 is 1.19 bits per heavy atom. The molecule has 1 unspecified atom stereocenters. The molecule has 2 aliphatic rings. The van der Waals surface area contributed by atoms with Crippen molar-refractivity contribution in [3.8, 4) is 0 Å². The van der Waals surface area contributed by atoms with Crippen molar-refractivity contribution >= 4 is 17.4 Å². The molecule has 1 atom stereocenters. The van der Waals surface area contributed by atoms with Crippen molar-refractivity contribution in [3.05, 3.63) is 18.0 Å². The summed E-state index contributed by atoms with van der Waals surface area (Å²) in [6.45, 7) is 8.99. The van der Waals surface area contributed by atoms with E-state index in [1.54, 1.807) is 0 Å². The summed E-state index contributed by atoms with van der Waals surface area (Å²) in [5.41, 5.74) is 0.657. The fourth-order valence-electron chi connectivity index (χ4n) is 3.96. The van der Waals surface area contributed by atoms with Gasteiger partial charge < -0.3 is 9.80 Å². The number of aromatic nitrogens is 4. The molecule has 4 heterocycles. The summed E-state index contributed by atoms with van der Waals surface area (Å²) < 4.78 is 1.85. The molecule has 0 radical (unpaired) electrons. The predicted molar refractivity (Wildman–Crippen MR) is 104 cm³/mol. The lowest BCUT2D eigenvalue weighted by Crippen LogP contribution is -2.64. The normalized spacial score (nSPS) is 22.0. The minimum Gasteiger partial charge on any atom is -0.352 e. The average Bonchev–Trinajstić information content (AvgIpc) is 2.99. The van der Waals surface area contributed by atoms with Crippen LogP contribution in [0.25, 0.3) is 5.65 Å². The topological polar surface area (TPSA) is 69.9 Å². The lowest BCUT2D eigenvalue weighted by molar-refractivity contribution is -0.139. The van der Waals surface area contributed by atoms with E-state index in [0.717, 1.165) is 49.8 Å². The lowest BCUT2D eigenvalue weighted by atomic mass is 9.96. The van der Waals surface area contributed by atoms with Gasteiger partial charge in [-0.2, -0.15) is 4.52 Å². The van der Waals surface area contributed by atoms with Crippen LogP contribution in [0.5, 0.6) is 0 Å². The quantitative estimate of drug-likeness (QED) is 0.807. The number of likely N-dealkylation sites (tertiary alicyclic amines) is 1. The van der Waals surface area contributed by atoms with Gasteiger partial charge in [-0.1, -0.05) is 20.8 Å². The van der Waals surface area contributed by atoms with E-state index in [1.165, 1.54) is 0 Å². The van der Waals surface area contributed by atoms with E-state index in [9.17, 15) is 4.79 Å². The van der Waals surface area contributed by atoms with Crippen LogP contribution in [-0.2, 0) is 10.2 Å². The molecule has 4 rings (SSSR count). The Kier molecular flexibility index (Phi) is 4.33. The minimum atomic E-state index is -0.115. The van der Waals surface area contributed by atoms with Crippen molar-refractivity contribution in [3.63, 3.8) is 0 Å². The Hall–Kier alpha value is -2.22. The Balaban J connectivity index is 1.47. The molecule has 2 fully saturated rings. The summed E-state index contributed by atoms with van der Waals surface area (Å²) in [4.78, 5) is 18.8. The van der Waals surface area contributed by atoms with Crippen LogP contribution in [-0.4, -0.2) is 81.3 Å². The van der Waals surface area contributed by atoms with E-state index >= 15 is 0 Å². The van der Waals surface area contributed by atoms with E-state index < -0.39 is 0 Å². The van der Waals surface area contributed by atoms with E-state index in [4.69, 9.17) is 5.10 Å². The first-order valence-corrected chi connectivity index (χ1v) is 9.70. The van der Waals surface area contributed by atoms with Gasteiger partial charge in [0.2, 0.25) is 5.91 Å². The van der Waals surface area contributed by atoms with Gasteiger partial charge in [0.1, 0.15) is 5.82 Å². The molecule has 0 bridgehead atoms. The molecule has 2 saturated heterocycles. The molecule has 2 aromatic heterocycles. The fourth-order valence-corrected chi connectivity index (χ4v) is 3.96. The number of amides is 1. The van der Waals surface area contributed by atoms with Crippen molar-refractivity contribution in [1.82, 2.24) is 29.6 Å². The Morgan fingerprint density at radius 3 is 2.63 bits per heavy atom. The van der Waals surface area contributed by atoms with Crippen LogP contribution < -0.4 is 4.90 Å². The monoisotopic (exact) mass is 371 g/mol. The van der Waals surface area contributed by atoms with Crippen LogP contribution in [0.2, 0.25) is 0 Å². The molecule has 0 aromatic carbocycles. The maximum Gasteiger partial charge on any atom is 0.239 e. The first-order chi connectivity index (χ1) is 12.8. The number of carbonyl (C=O) groups excluding carboxylic acids is 1. The predicted octanol–water partition coefficient (Wildman–Crippen LogP) is 1.16. The molecule has 0 saturated carbocycles. The maximum atomic E-state index is 12.5. The maximum absolute atomic E-state index is 12.5. The van der Waals surface area contributed by atoms with Crippen LogP contribution in [0.4, 0.5) is 5.82 Å². The van der Waals surface area contributed by atoms with Gasteiger partial charge in [-0.05, 0) is 32.0 Å². The van der Waals surface area contributed by atoms with Gasteiger partial charge in [0.25, 0.3) is 0 Å². The standard InChI is InChI=1S/C19H29N7O/c1-19(2,3)18-21-20-15-8-9-16(22-26(15)18)25-11-13(12-25)24(5)14-7-6-10-23(4)17(14)27/h8-9,13-14H,6-7,10-12H2,1-5H3. The number of hydrogen-bond donors (Lipinski definition) is 0. The highest BCUT2D eigenvalue weighted by Gasteiger charge is 2.38. The molecule has 146 valence electrons. The molecule has 8 heteroatoms. The van der Waals surface area contributed by atoms with Gasteiger partial charge in [-0.3, -0.25) is 9.69 Å². The summed E-state index contributed by atoms with van der Waals surface area (Å²) in [6, 6.07) is 4.37. The molecule has 1 amide bonds.